The number of likely N-dealkylation sites (N-methyl/N-ethyl adjacent to an activating group) is 1. The van der Waals surface area contributed by atoms with E-state index in [-0.39, 0.29) is 5.91 Å². The first-order valence-corrected chi connectivity index (χ1v) is 5.77. The van der Waals surface area contributed by atoms with Gasteiger partial charge in [0.25, 0.3) is 0 Å². The highest BCUT2D eigenvalue weighted by atomic mass is 16.2. The van der Waals surface area contributed by atoms with Crippen LogP contribution in [-0.2, 0) is 4.79 Å². The van der Waals surface area contributed by atoms with Crippen LogP contribution >= 0.6 is 0 Å². The fourth-order valence-corrected chi connectivity index (χ4v) is 1.45. The molecule has 88 valence electrons. The Balaban J connectivity index is 2.34. The predicted molar refractivity (Wildman–Crippen MR) is 67.6 cm³/mol. The second-order valence-electron chi connectivity index (χ2n) is 3.90. The number of amides is 1. The highest BCUT2D eigenvalue weighted by Gasteiger charge is 2.05. The van der Waals surface area contributed by atoms with Crippen molar-refractivity contribution in [2.24, 2.45) is 0 Å². The molecular formula is C13H20N2O. The maximum absolute atomic E-state index is 11.5. The standard InChI is InChI=1S/C13H20N2O/c1-3-4-10-14-13(16)11-15(2)12-8-6-5-7-9-12/h5-9H,3-4,10-11H2,1-2H3,(H,14,16). The molecule has 0 fully saturated rings. The zero-order valence-electron chi connectivity index (χ0n) is 10.1. The minimum absolute atomic E-state index is 0.0832. The maximum atomic E-state index is 11.5. The molecule has 0 aliphatic heterocycles. The van der Waals surface area contributed by atoms with Gasteiger partial charge in [-0.05, 0) is 18.6 Å². The minimum Gasteiger partial charge on any atom is -0.365 e. The third kappa shape index (κ3) is 4.34. The van der Waals surface area contributed by atoms with Gasteiger partial charge in [-0.3, -0.25) is 4.79 Å². The summed E-state index contributed by atoms with van der Waals surface area (Å²) in [6.07, 6.45) is 2.15. The molecule has 0 aromatic heterocycles. The van der Waals surface area contributed by atoms with Crippen LogP contribution in [-0.4, -0.2) is 26.0 Å². The van der Waals surface area contributed by atoms with Crippen LogP contribution in [0.3, 0.4) is 0 Å². The smallest absolute Gasteiger partial charge is 0.239 e. The van der Waals surface area contributed by atoms with Crippen LogP contribution in [0.2, 0.25) is 0 Å². The lowest BCUT2D eigenvalue weighted by molar-refractivity contribution is -0.119. The van der Waals surface area contributed by atoms with Crippen molar-refractivity contribution in [2.45, 2.75) is 19.8 Å². The van der Waals surface area contributed by atoms with Crippen LogP contribution in [0.5, 0.6) is 0 Å². The van der Waals surface area contributed by atoms with Gasteiger partial charge >= 0.3 is 0 Å². The third-order valence-electron chi connectivity index (χ3n) is 2.43. The summed E-state index contributed by atoms with van der Waals surface area (Å²) in [5.74, 6) is 0.0832. The molecule has 0 spiro atoms. The molecule has 0 aliphatic carbocycles. The Kier molecular flexibility index (Phi) is 5.40. The maximum Gasteiger partial charge on any atom is 0.239 e. The average Bonchev–Trinajstić information content (AvgIpc) is 2.30. The quantitative estimate of drug-likeness (QED) is 0.744. The number of unbranched alkanes of at least 4 members (excludes halogenated alkanes) is 1. The van der Waals surface area contributed by atoms with Gasteiger partial charge in [0.2, 0.25) is 5.91 Å². The Morgan fingerprint density at radius 3 is 2.62 bits per heavy atom. The van der Waals surface area contributed by atoms with E-state index >= 15 is 0 Å². The second-order valence-corrected chi connectivity index (χ2v) is 3.90. The summed E-state index contributed by atoms with van der Waals surface area (Å²) in [6, 6.07) is 9.92. The third-order valence-corrected chi connectivity index (χ3v) is 2.43. The lowest BCUT2D eigenvalue weighted by Crippen LogP contribution is -2.35. The molecule has 0 bridgehead atoms. The van der Waals surface area contributed by atoms with Crippen LogP contribution in [0.4, 0.5) is 5.69 Å². The number of rotatable bonds is 6. The summed E-state index contributed by atoms with van der Waals surface area (Å²) in [6.45, 7) is 3.30. The van der Waals surface area contributed by atoms with Gasteiger partial charge in [0, 0.05) is 19.3 Å². The predicted octanol–water partition coefficient (Wildman–Crippen LogP) is 2.04. The molecule has 1 rings (SSSR count). The molecule has 0 aliphatic rings. The zero-order valence-corrected chi connectivity index (χ0v) is 10.1. The highest BCUT2D eigenvalue weighted by Crippen LogP contribution is 2.09. The van der Waals surface area contributed by atoms with E-state index < -0.39 is 0 Å². The number of nitrogens with zero attached hydrogens (tertiary/aromatic N) is 1. The van der Waals surface area contributed by atoms with Gasteiger partial charge in [0.15, 0.2) is 0 Å². The number of para-hydroxylation sites is 1. The molecule has 1 aromatic carbocycles. The summed E-state index contributed by atoms with van der Waals surface area (Å²) in [5.41, 5.74) is 1.06. The first-order valence-electron chi connectivity index (χ1n) is 5.77. The van der Waals surface area contributed by atoms with Crippen LogP contribution in [0.1, 0.15) is 19.8 Å². The molecule has 0 atom stereocenters. The van der Waals surface area contributed by atoms with E-state index in [9.17, 15) is 4.79 Å². The minimum atomic E-state index is 0.0832. The molecular weight excluding hydrogens is 200 g/mol. The molecule has 0 saturated carbocycles. The van der Waals surface area contributed by atoms with Crippen molar-refractivity contribution in [1.82, 2.24) is 5.32 Å². The van der Waals surface area contributed by atoms with Gasteiger partial charge in [0.05, 0.1) is 6.54 Å². The van der Waals surface area contributed by atoms with Crippen LogP contribution in [0.15, 0.2) is 30.3 Å². The Morgan fingerprint density at radius 1 is 1.31 bits per heavy atom. The van der Waals surface area contributed by atoms with E-state index in [2.05, 4.69) is 12.2 Å². The van der Waals surface area contributed by atoms with Gasteiger partial charge in [-0.2, -0.15) is 0 Å². The number of carbonyl (C=O) groups excluding carboxylic acids is 1. The molecule has 3 heteroatoms. The molecule has 0 heterocycles. The number of hydrogen-bond donors (Lipinski definition) is 1. The van der Waals surface area contributed by atoms with Gasteiger partial charge < -0.3 is 10.2 Å². The van der Waals surface area contributed by atoms with Crippen molar-refractivity contribution in [1.29, 1.82) is 0 Å². The first kappa shape index (κ1) is 12.6. The van der Waals surface area contributed by atoms with Crippen molar-refractivity contribution >= 4 is 11.6 Å². The van der Waals surface area contributed by atoms with E-state index in [1.54, 1.807) is 0 Å². The monoisotopic (exact) mass is 220 g/mol. The van der Waals surface area contributed by atoms with Crippen molar-refractivity contribution in [2.75, 3.05) is 25.0 Å². The van der Waals surface area contributed by atoms with Gasteiger partial charge in [-0.15, -0.1) is 0 Å². The van der Waals surface area contributed by atoms with Crippen molar-refractivity contribution in [3.63, 3.8) is 0 Å². The zero-order chi connectivity index (χ0) is 11.8. The molecule has 16 heavy (non-hydrogen) atoms. The lowest BCUT2D eigenvalue weighted by Gasteiger charge is -2.18. The fourth-order valence-electron chi connectivity index (χ4n) is 1.45. The van der Waals surface area contributed by atoms with Crippen LogP contribution in [0, 0.1) is 0 Å². The number of nitrogens with one attached hydrogen (secondary N) is 1. The van der Waals surface area contributed by atoms with Gasteiger partial charge in [-0.25, -0.2) is 0 Å². The Bertz CT molecular complexity index is 311. The molecule has 0 radical (unpaired) electrons. The van der Waals surface area contributed by atoms with Crippen molar-refractivity contribution in [3.8, 4) is 0 Å². The van der Waals surface area contributed by atoms with E-state index in [0.29, 0.717) is 6.54 Å². The molecule has 1 amide bonds. The summed E-state index contributed by atoms with van der Waals surface area (Å²) in [4.78, 5) is 13.5. The molecule has 1 N–H and O–H groups in total. The van der Waals surface area contributed by atoms with Crippen molar-refractivity contribution < 1.29 is 4.79 Å². The van der Waals surface area contributed by atoms with Gasteiger partial charge in [-0.1, -0.05) is 31.5 Å². The average molecular weight is 220 g/mol. The first-order chi connectivity index (χ1) is 7.74. The lowest BCUT2D eigenvalue weighted by atomic mass is 10.3. The fraction of sp³-hybridized carbons (Fsp3) is 0.462. The second kappa shape index (κ2) is 6.88. The van der Waals surface area contributed by atoms with E-state index in [1.807, 2.05) is 42.3 Å². The number of anilines is 1. The number of benzene rings is 1. The summed E-state index contributed by atoms with van der Waals surface area (Å²) in [5, 5.41) is 2.90. The van der Waals surface area contributed by atoms with E-state index in [1.165, 1.54) is 0 Å². The topological polar surface area (TPSA) is 32.3 Å². The molecule has 1 aromatic rings. The molecule has 0 unspecified atom stereocenters. The largest absolute Gasteiger partial charge is 0.365 e. The molecule has 0 saturated heterocycles. The summed E-state index contributed by atoms with van der Waals surface area (Å²) < 4.78 is 0. The SMILES string of the molecule is CCCCNC(=O)CN(C)c1ccccc1. The Morgan fingerprint density at radius 2 is 2.00 bits per heavy atom. The Hall–Kier alpha value is -1.51. The normalized spacial score (nSPS) is 9.88. The highest BCUT2D eigenvalue weighted by molar-refractivity contribution is 5.81. The summed E-state index contributed by atoms with van der Waals surface area (Å²) in [7, 11) is 1.93. The van der Waals surface area contributed by atoms with Crippen LogP contribution in [0.25, 0.3) is 0 Å². The van der Waals surface area contributed by atoms with Crippen LogP contribution < -0.4 is 10.2 Å². The van der Waals surface area contributed by atoms with Crippen molar-refractivity contribution in [3.05, 3.63) is 30.3 Å². The number of hydrogen-bond acceptors (Lipinski definition) is 2. The number of carbonyl (C=O) groups is 1. The Labute approximate surface area is 97.5 Å². The summed E-state index contributed by atoms with van der Waals surface area (Å²) >= 11 is 0. The van der Waals surface area contributed by atoms with E-state index in [0.717, 1.165) is 25.1 Å². The van der Waals surface area contributed by atoms with Gasteiger partial charge in [0.1, 0.15) is 0 Å². The molecule has 3 nitrogen and oxygen atoms in total. The van der Waals surface area contributed by atoms with E-state index in [4.69, 9.17) is 0 Å².